The van der Waals surface area contributed by atoms with Crippen molar-refractivity contribution in [3.05, 3.63) is 83.9 Å². The number of amides is 1. The summed E-state index contributed by atoms with van der Waals surface area (Å²) in [6, 6.07) is 24.3. The molecule has 0 N–H and O–H groups in total. The second-order valence-corrected chi connectivity index (χ2v) is 8.06. The molecule has 28 heavy (non-hydrogen) atoms. The van der Waals surface area contributed by atoms with Crippen LogP contribution in [-0.4, -0.2) is 11.7 Å². The van der Waals surface area contributed by atoms with Crippen molar-refractivity contribution >= 4 is 17.5 Å². The molecule has 0 fully saturated rings. The van der Waals surface area contributed by atoms with Crippen molar-refractivity contribution in [1.82, 2.24) is 0 Å². The maximum Gasteiger partial charge on any atom is 0.419 e. The molecule has 144 valence electrons. The Morgan fingerprint density at radius 3 is 1.46 bits per heavy atom. The molecule has 0 spiro atoms. The monoisotopic (exact) mass is 373 g/mol. The molecule has 1 amide bonds. The molecule has 0 aliphatic heterocycles. The van der Waals surface area contributed by atoms with Crippen LogP contribution < -0.4 is 4.90 Å². The molecule has 3 heteroatoms. The van der Waals surface area contributed by atoms with Crippen molar-refractivity contribution in [3.8, 4) is 11.1 Å². The van der Waals surface area contributed by atoms with Gasteiger partial charge >= 0.3 is 6.09 Å². The van der Waals surface area contributed by atoms with Gasteiger partial charge in [-0.25, -0.2) is 9.69 Å². The maximum atomic E-state index is 12.9. The lowest BCUT2D eigenvalue weighted by Gasteiger charge is -2.27. The number of carbonyl (C=O) groups excluding carboxylic acids is 1. The molecule has 0 unspecified atom stereocenters. The Bertz CT molecular complexity index is 934. The molecule has 0 heterocycles. The predicted molar refractivity (Wildman–Crippen MR) is 116 cm³/mol. The quantitative estimate of drug-likeness (QED) is 0.492. The lowest BCUT2D eigenvalue weighted by Crippen LogP contribution is -2.33. The smallest absolute Gasteiger partial charge is 0.419 e. The fourth-order valence-corrected chi connectivity index (χ4v) is 2.91. The molecule has 3 rings (SSSR count). The van der Waals surface area contributed by atoms with Gasteiger partial charge in [0.15, 0.2) is 0 Å². The van der Waals surface area contributed by atoms with E-state index in [1.54, 1.807) is 4.90 Å². The summed E-state index contributed by atoms with van der Waals surface area (Å²) < 4.78 is 5.65. The average molecular weight is 373 g/mol. The first-order chi connectivity index (χ1) is 13.2. The van der Waals surface area contributed by atoms with Crippen LogP contribution in [0.1, 0.15) is 31.9 Å². The lowest BCUT2D eigenvalue weighted by molar-refractivity contribution is 0.0599. The summed E-state index contributed by atoms with van der Waals surface area (Å²) in [6.07, 6.45) is -0.389. The van der Waals surface area contributed by atoms with Gasteiger partial charge in [-0.15, -0.1) is 0 Å². The molecule has 0 aliphatic carbocycles. The SMILES string of the molecule is Cc1ccc(-c2ccc(N(C(=O)OC(C)(C)C)c3ccc(C)cc3)cc2)cc1. The average Bonchev–Trinajstić information content (AvgIpc) is 2.63. The fourth-order valence-electron chi connectivity index (χ4n) is 2.91. The van der Waals surface area contributed by atoms with Gasteiger partial charge in [-0.1, -0.05) is 59.7 Å². The Kier molecular flexibility index (Phi) is 5.55. The molecule has 3 nitrogen and oxygen atoms in total. The highest BCUT2D eigenvalue weighted by atomic mass is 16.6. The van der Waals surface area contributed by atoms with Crippen LogP contribution in [0.25, 0.3) is 11.1 Å². The zero-order valence-corrected chi connectivity index (χ0v) is 17.2. The van der Waals surface area contributed by atoms with Gasteiger partial charge in [-0.2, -0.15) is 0 Å². The summed E-state index contributed by atoms with van der Waals surface area (Å²) in [5.74, 6) is 0. The summed E-state index contributed by atoms with van der Waals surface area (Å²) >= 11 is 0. The molecule has 0 aliphatic rings. The summed E-state index contributed by atoms with van der Waals surface area (Å²) in [5.41, 5.74) is 5.62. The Morgan fingerprint density at radius 1 is 0.679 bits per heavy atom. The van der Waals surface area contributed by atoms with Gasteiger partial charge in [0.05, 0.1) is 11.4 Å². The van der Waals surface area contributed by atoms with Crippen LogP contribution in [0, 0.1) is 13.8 Å². The lowest BCUT2D eigenvalue weighted by atomic mass is 10.0. The van der Waals surface area contributed by atoms with Crippen molar-refractivity contribution in [3.63, 3.8) is 0 Å². The van der Waals surface area contributed by atoms with E-state index in [-0.39, 0.29) is 6.09 Å². The first kappa shape index (κ1) is 19.7. The maximum absolute atomic E-state index is 12.9. The Labute approximate surface area is 167 Å². The number of hydrogen-bond donors (Lipinski definition) is 0. The molecule has 0 bridgehead atoms. The number of nitrogens with zero attached hydrogens (tertiary/aromatic N) is 1. The summed E-state index contributed by atoms with van der Waals surface area (Å²) in [5, 5.41) is 0. The van der Waals surface area contributed by atoms with Crippen molar-refractivity contribution in [2.24, 2.45) is 0 Å². The molecule has 3 aromatic rings. The van der Waals surface area contributed by atoms with E-state index in [1.807, 2.05) is 76.2 Å². The minimum Gasteiger partial charge on any atom is -0.443 e. The van der Waals surface area contributed by atoms with E-state index in [2.05, 4.69) is 31.2 Å². The van der Waals surface area contributed by atoms with E-state index in [0.717, 1.165) is 28.1 Å². The third-order valence-corrected chi connectivity index (χ3v) is 4.38. The minimum atomic E-state index is -0.568. The molecule has 0 aromatic heterocycles. The molecule has 0 saturated carbocycles. The number of hydrogen-bond acceptors (Lipinski definition) is 2. The summed E-state index contributed by atoms with van der Waals surface area (Å²) in [7, 11) is 0. The van der Waals surface area contributed by atoms with Crippen LogP contribution in [0.2, 0.25) is 0 Å². The van der Waals surface area contributed by atoms with Gasteiger partial charge in [0.1, 0.15) is 5.60 Å². The van der Waals surface area contributed by atoms with E-state index in [4.69, 9.17) is 4.74 Å². The van der Waals surface area contributed by atoms with Gasteiger partial charge < -0.3 is 4.74 Å². The molecule has 0 atom stereocenters. The van der Waals surface area contributed by atoms with Crippen LogP contribution in [0.4, 0.5) is 16.2 Å². The molecular formula is C25H27NO2. The predicted octanol–water partition coefficient (Wildman–Crippen LogP) is 7.04. The van der Waals surface area contributed by atoms with E-state index < -0.39 is 5.60 Å². The zero-order valence-electron chi connectivity index (χ0n) is 17.2. The third-order valence-electron chi connectivity index (χ3n) is 4.38. The van der Waals surface area contributed by atoms with Crippen LogP contribution in [0.3, 0.4) is 0 Å². The van der Waals surface area contributed by atoms with E-state index >= 15 is 0 Å². The van der Waals surface area contributed by atoms with E-state index in [0.29, 0.717) is 0 Å². The number of aryl methyl sites for hydroxylation is 2. The molecular weight excluding hydrogens is 346 g/mol. The van der Waals surface area contributed by atoms with E-state index in [1.165, 1.54) is 5.56 Å². The first-order valence-corrected chi connectivity index (χ1v) is 9.50. The van der Waals surface area contributed by atoms with Crippen molar-refractivity contribution in [1.29, 1.82) is 0 Å². The number of benzene rings is 3. The number of rotatable bonds is 3. The fraction of sp³-hybridized carbons (Fsp3) is 0.240. The van der Waals surface area contributed by atoms with Crippen LogP contribution in [0.5, 0.6) is 0 Å². The normalized spacial score (nSPS) is 11.2. The second-order valence-electron chi connectivity index (χ2n) is 8.06. The highest BCUT2D eigenvalue weighted by Gasteiger charge is 2.24. The molecule has 3 aromatic carbocycles. The zero-order chi connectivity index (χ0) is 20.3. The second kappa shape index (κ2) is 7.89. The van der Waals surface area contributed by atoms with Crippen LogP contribution >= 0.6 is 0 Å². The van der Waals surface area contributed by atoms with Gasteiger partial charge in [-0.3, -0.25) is 0 Å². The highest BCUT2D eigenvalue weighted by Crippen LogP contribution is 2.30. The van der Waals surface area contributed by atoms with Crippen LogP contribution in [-0.2, 0) is 4.74 Å². The van der Waals surface area contributed by atoms with Gasteiger partial charge in [-0.05, 0) is 70.0 Å². The van der Waals surface area contributed by atoms with Gasteiger partial charge in [0.2, 0.25) is 0 Å². The topological polar surface area (TPSA) is 29.5 Å². The molecule has 0 radical (unpaired) electrons. The Morgan fingerprint density at radius 2 is 1.04 bits per heavy atom. The van der Waals surface area contributed by atoms with Crippen LogP contribution in [0.15, 0.2) is 72.8 Å². The standard InChI is InChI=1S/C25H27NO2/c1-18-6-10-20(11-7-18)21-12-16-23(17-13-21)26(24(27)28-25(3,4)5)22-14-8-19(2)9-15-22/h6-17H,1-5H3. The summed E-state index contributed by atoms with van der Waals surface area (Å²) in [4.78, 5) is 14.6. The third kappa shape index (κ3) is 4.80. The minimum absolute atomic E-state index is 0.389. The van der Waals surface area contributed by atoms with Crippen molar-refractivity contribution in [2.75, 3.05) is 4.90 Å². The van der Waals surface area contributed by atoms with Gasteiger partial charge in [0, 0.05) is 0 Å². The van der Waals surface area contributed by atoms with Gasteiger partial charge in [0.25, 0.3) is 0 Å². The largest absolute Gasteiger partial charge is 0.443 e. The summed E-state index contributed by atoms with van der Waals surface area (Å²) in [6.45, 7) is 9.72. The Balaban J connectivity index is 1.96. The Hall–Kier alpha value is -3.07. The molecule has 0 saturated heterocycles. The van der Waals surface area contributed by atoms with E-state index in [9.17, 15) is 4.79 Å². The van der Waals surface area contributed by atoms with Crippen molar-refractivity contribution in [2.45, 2.75) is 40.2 Å². The van der Waals surface area contributed by atoms with Crippen molar-refractivity contribution < 1.29 is 9.53 Å². The highest BCUT2D eigenvalue weighted by molar-refractivity contribution is 5.96. The first-order valence-electron chi connectivity index (χ1n) is 9.50. The number of ether oxygens (including phenoxy) is 1. The number of anilines is 2. The number of carbonyl (C=O) groups is 1.